The van der Waals surface area contributed by atoms with E-state index in [9.17, 15) is 9.59 Å². The summed E-state index contributed by atoms with van der Waals surface area (Å²) in [6.07, 6.45) is 0. The Hall–Kier alpha value is -1.18. The number of nitrogens with two attached hydrogens (primary N) is 1. The highest BCUT2D eigenvalue weighted by atomic mass is 16.5. The molecule has 0 aliphatic heterocycles. The zero-order valence-corrected chi connectivity index (χ0v) is 9.45. The number of amides is 2. The Kier molecular flexibility index (Phi) is 9.58. The molecular weight excluding hydrogens is 214 g/mol. The van der Waals surface area contributed by atoms with Crippen LogP contribution in [0.1, 0.15) is 0 Å². The summed E-state index contributed by atoms with van der Waals surface area (Å²) >= 11 is 0. The van der Waals surface area contributed by atoms with Gasteiger partial charge in [0.2, 0.25) is 11.8 Å². The number of nitrogens with one attached hydrogen (secondary N) is 2. The fourth-order valence-electron chi connectivity index (χ4n) is 0.833. The lowest BCUT2D eigenvalue weighted by atomic mass is 10.5. The third-order valence-corrected chi connectivity index (χ3v) is 1.57. The third-order valence-electron chi connectivity index (χ3n) is 1.57. The van der Waals surface area contributed by atoms with E-state index in [-0.39, 0.29) is 25.0 Å². The summed E-state index contributed by atoms with van der Waals surface area (Å²) in [6, 6.07) is 0. The molecule has 4 N–H and O–H groups in total. The number of hydrogen-bond acceptors (Lipinski definition) is 5. The summed E-state index contributed by atoms with van der Waals surface area (Å²) in [7, 11) is 1.54. The maximum absolute atomic E-state index is 11.1. The van der Waals surface area contributed by atoms with E-state index in [1.54, 1.807) is 7.11 Å². The standard InChI is InChI=1S/C9H19N3O4/c1-15-5-3-11-8(13)6-12-9(14)7-16-4-2-10/h2-7,10H2,1H3,(H,11,13)(H,12,14). The van der Waals surface area contributed by atoms with E-state index < -0.39 is 0 Å². The first-order valence-electron chi connectivity index (χ1n) is 5.00. The Morgan fingerprint density at radius 3 is 2.56 bits per heavy atom. The van der Waals surface area contributed by atoms with Gasteiger partial charge in [-0.25, -0.2) is 0 Å². The van der Waals surface area contributed by atoms with Gasteiger partial charge in [0.15, 0.2) is 0 Å². The molecule has 94 valence electrons. The van der Waals surface area contributed by atoms with Crippen molar-refractivity contribution in [3.05, 3.63) is 0 Å². The summed E-state index contributed by atoms with van der Waals surface area (Å²) in [4.78, 5) is 22.2. The number of hydrogen-bond donors (Lipinski definition) is 3. The molecule has 0 bridgehead atoms. The van der Waals surface area contributed by atoms with Crippen molar-refractivity contribution in [2.24, 2.45) is 5.73 Å². The van der Waals surface area contributed by atoms with E-state index in [2.05, 4.69) is 10.6 Å². The van der Waals surface area contributed by atoms with Gasteiger partial charge in [0.05, 0.1) is 19.8 Å². The van der Waals surface area contributed by atoms with Gasteiger partial charge in [0, 0.05) is 20.2 Å². The molecule has 0 saturated heterocycles. The fraction of sp³-hybridized carbons (Fsp3) is 0.778. The van der Waals surface area contributed by atoms with E-state index in [0.717, 1.165) is 0 Å². The highest BCUT2D eigenvalue weighted by molar-refractivity contribution is 5.85. The van der Waals surface area contributed by atoms with Crippen LogP contribution < -0.4 is 16.4 Å². The first-order valence-corrected chi connectivity index (χ1v) is 5.00. The molecule has 0 atom stereocenters. The first kappa shape index (κ1) is 14.8. The molecule has 7 nitrogen and oxygen atoms in total. The van der Waals surface area contributed by atoms with E-state index in [0.29, 0.717) is 26.3 Å². The van der Waals surface area contributed by atoms with Gasteiger partial charge in [-0.3, -0.25) is 9.59 Å². The molecular formula is C9H19N3O4. The van der Waals surface area contributed by atoms with Crippen LogP contribution >= 0.6 is 0 Å². The molecule has 2 amide bonds. The Bertz CT molecular complexity index is 189. The predicted octanol–water partition coefficient (Wildman–Crippen LogP) is -2.16. The molecule has 0 spiro atoms. The maximum atomic E-state index is 11.1. The topological polar surface area (TPSA) is 103 Å². The summed E-state index contributed by atoms with van der Waals surface area (Å²) in [6.45, 7) is 1.42. The van der Waals surface area contributed by atoms with E-state index in [4.69, 9.17) is 15.2 Å². The van der Waals surface area contributed by atoms with Crippen LogP contribution in [0.5, 0.6) is 0 Å². The van der Waals surface area contributed by atoms with Gasteiger partial charge >= 0.3 is 0 Å². The van der Waals surface area contributed by atoms with Gasteiger partial charge in [-0.2, -0.15) is 0 Å². The maximum Gasteiger partial charge on any atom is 0.246 e. The highest BCUT2D eigenvalue weighted by Gasteiger charge is 2.04. The molecule has 0 aromatic carbocycles. The second kappa shape index (κ2) is 10.3. The monoisotopic (exact) mass is 233 g/mol. The lowest BCUT2D eigenvalue weighted by Gasteiger charge is -2.06. The second-order valence-corrected chi connectivity index (χ2v) is 2.96. The lowest BCUT2D eigenvalue weighted by Crippen LogP contribution is -2.39. The number of ether oxygens (including phenoxy) is 2. The number of rotatable bonds is 9. The van der Waals surface area contributed by atoms with Crippen LogP contribution in [0.2, 0.25) is 0 Å². The molecule has 0 aromatic rings. The minimum absolute atomic E-state index is 0.0610. The first-order chi connectivity index (χ1) is 7.70. The Labute approximate surface area is 94.6 Å². The fourth-order valence-corrected chi connectivity index (χ4v) is 0.833. The van der Waals surface area contributed by atoms with Crippen molar-refractivity contribution in [2.75, 3.05) is 46.6 Å². The molecule has 0 aliphatic rings. The van der Waals surface area contributed by atoms with Gasteiger partial charge in [0.1, 0.15) is 6.61 Å². The van der Waals surface area contributed by atoms with Crippen LogP contribution in [-0.4, -0.2) is 58.4 Å². The molecule has 0 aliphatic carbocycles. The van der Waals surface area contributed by atoms with Gasteiger partial charge < -0.3 is 25.8 Å². The van der Waals surface area contributed by atoms with Crippen molar-refractivity contribution < 1.29 is 19.1 Å². The second-order valence-electron chi connectivity index (χ2n) is 2.96. The van der Waals surface area contributed by atoms with Crippen molar-refractivity contribution >= 4 is 11.8 Å². The van der Waals surface area contributed by atoms with Crippen LogP contribution in [0, 0.1) is 0 Å². The minimum atomic E-state index is -0.338. The summed E-state index contributed by atoms with van der Waals surface area (Å²) in [5.74, 6) is -0.598. The van der Waals surface area contributed by atoms with Crippen molar-refractivity contribution in [1.29, 1.82) is 0 Å². The van der Waals surface area contributed by atoms with Gasteiger partial charge in [0.25, 0.3) is 0 Å². The van der Waals surface area contributed by atoms with Crippen molar-refractivity contribution in [3.63, 3.8) is 0 Å². The predicted molar refractivity (Wildman–Crippen MR) is 57.8 cm³/mol. The Morgan fingerprint density at radius 2 is 1.94 bits per heavy atom. The summed E-state index contributed by atoms with van der Waals surface area (Å²) in [5, 5.41) is 4.98. The third kappa shape index (κ3) is 9.38. The lowest BCUT2D eigenvalue weighted by molar-refractivity contribution is -0.129. The quantitative estimate of drug-likeness (QED) is 0.394. The van der Waals surface area contributed by atoms with Gasteiger partial charge in [-0.15, -0.1) is 0 Å². The molecule has 16 heavy (non-hydrogen) atoms. The summed E-state index contributed by atoms with van der Waals surface area (Å²) < 4.78 is 9.64. The summed E-state index contributed by atoms with van der Waals surface area (Å²) in [5.41, 5.74) is 5.17. The Balaban J connectivity index is 3.40. The number of carbonyl (C=O) groups excluding carboxylic acids is 2. The molecule has 0 aromatic heterocycles. The molecule has 0 rings (SSSR count). The normalized spacial score (nSPS) is 9.88. The van der Waals surface area contributed by atoms with E-state index in [1.807, 2.05) is 0 Å². The zero-order chi connectivity index (χ0) is 12.2. The average molecular weight is 233 g/mol. The van der Waals surface area contributed by atoms with Crippen LogP contribution in [-0.2, 0) is 19.1 Å². The molecule has 0 saturated carbocycles. The Morgan fingerprint density at radius 1 is 1.19 bits per heavy atom. The molecule has 0 heterocycles. The molecule has 0 radical (unpaired) electrons. The average Bonchev–Trinajstić information content (AvgIpc) is 2.27. The van der Waals surface area contributed by atoms with Crippen molar-refractivity contribution in [3.8, 4) is 0 Å². The minimum Gasteiger partial charge on any atom is -0.383 e. The molecule has 0 unspecified atom stereocenters. The van der Waals surface area contributed by atoms with Crippen LogP contribution in [0.25, 0.3) is 0 Å². The number of carbonyl (C=O) groups is 2. The van der Waals surface area contributed by atoms with E-state index >= 15 is 0 Å². The smallest absolute Gasteiger partial charge is 0.246 e. The van der Waals surface area contributed by atoms with Gasteiger partial charge in [-0.05, 0) is 0 Å². The van der Waals surface area contributed by atoms with Gasteiger partial charge in [-0.1, -0.05) is 0 Å². The van der Waals surface area contributed by atoms with Crippen LogP contribution in [0.3, 0.4) is 0 Å². The highest BCUT2D eigenvalue weighted by Crippen LogP contribution is 1.74. The van der Waals surface area contributed by atoms with Crippen LogP contribution in [0.15, 0.2) is 0 Å². The van der Waals surface area contributed by atoms with Crippen molar-refractivity contribution in [1.82, 2.24) is 10.6 Å². The van der Waals surface area contributed by atoms with Crippen LogP contribution in [0.4, 0.5) is 0 Å². The molecule has 0 fully saturated rings. The van der Waals surface area contributed by atoms with E-state index in [1.165, 1.54) is 0 Å². The SMILES string of the molecule is COCCNC(=O)CNC(=O)COCCN. The largest absolute Gasteiger partial charge is 0.383 e. The molecule has 7 heteroatoms. The zero-order valence-electron chi connectivity index (χ0n) is 9.45. The number of methoxy groups -OCH3 is 1. The van der Waals surface area contributed by atoms with Crippen molar-refractivity contribution in [2.45, 2.75) is 0 Å².